The van der Waals surface area contributed by atoms with Gasteiger partial charge in [-0.3, -0.25) is 0 Å². The van der Waals surface area contributed by atoms with Gasteiger partial charge in [0, 0.05) is 6.42 Å². The summed E-state index contributed by atoms with van der Waals surface area (Å²) in [5, 5.41) is 0.266. The minimum Gasteiger partial charge on any atom is -0.221 e. The second-order valence-electron chi connectivity index (χ2n) is 1.52. The molecule has 9 heavy (non-hydrogen) atoms. The van der Waals surface area contributed by atoms with Gasteiger partial charge < -0.3 is 0 Å². The van der Waals surface area contributed by atoms with Crippen molar-refractivity contribution in [3.05, 3.63) is 17.4 Å². The van der Waals surface area contributed by atoms with Crippen molar-refractivity contribution >= 4 is 11.6 Å². The van der Waals surface area contributed by atoms with Crippen LogP contribution >= 0.6 is 11.6 Å². The quantitative estimate of drug-likeness (QED) is 0.591. The molecule has 0 bridgehead atoms. The van der Waals surface area contributed by atoms with E-state index in [2.05, 4.69) is 15.0 Å². The monoisotopic (exact) mass is 143 g/mol. The number of rotatable bonds is 1. The molecule has 0 saturated heterocycles. The lowest BCUT2D eigenvalue weighted by Gasteiger charge is -1.90. The Balaban J connectivity index is 2.94. The van der Waals surface area contributed by atoms with Gasteiger partial charge in [-0.15, -0.1) is 0 Å². The molecule has 0 unspecified atom stereocenters. The van der Waals surface area contributed by atoms with Gasteiger partial charge >= 0.3 is 0 Å². The van der Waals surface area contributed by atoms with Crippen molar-refractivity contribution in [1.82, 2.24) is 15.0 Å². The molecular formula is C5H6ClN3. The van der Waals surface area contributed by atoms with Crippen molar-refractivity contribution in [3.63, 3.8) is 0 Å². The largest absolute Gasteiger partial charge is 0.225 e. The fourth-order valence-electron chi connectivity index (χ4n) is 0.478. The summed E-state index contributed by atoms with van der Waals surface area (Å²) in [7, 11) is 0. The van der Waals surface area contributed by atoms with Crippen LogP contribution in [-0.2, 0) is 6.42 Å². The van der Waals surface area contributed by atoms with Gasteiger partial charge in [-0.05, 0) is 11.6 Å². The second kappa shape index (κ2) is 2.73. The first-order valence-corrected chi connectivity index (χ1v) is 3.04. The maximum absolute atomic E-state index is 5.46. The second-order valence-corrected chi connectivity index (χ2v) is 1.86. The highest BCUT2D eigenvalue weighted by Gasteiger charge is 1.92. The van der Waals surface area contributed by atoms with E-state index in [1.807, 2.05) is 6.92 Å². The number of aromatic nitrogens is 3. The van der Waals surface area contributed by atoms with Crippen LogP contribution in [0.2, 0.25) is 5.28 Å². The number of halogens is 1. The summed E-state index contributed by atoms with van der Waals surface area (Å²) < 4.78 is 0. The zero-order valence-corrected chi connectivity index (χ0v) is 5.76. The Morgan fingerprint density at radius 3 is 2.78 bits per heavy atom. The van der Waals surface area contributed by atoms with E-state index >= 15 is 0 Å². The Morgan fingerprint density at radius 1 is 1.56 bits per heavy atom. The molecule has 3 nitrogen and oxygen atoms in total. The molecule has 0 saturated carbocycles. The smallest absolute Gasteiger partial charge is 0.221 e. The molecule has 0 aliphatic rings. The molecule has 0 radical (unpaired) electrons. The molecule has 1 aromatic heterocycles. The molecular weight excluding hydrogens is 138 g/mol. The van der Waals surface area contributed by atoms with Crippen molar-refractivity contribution in [2.45, 2.75) is 13.3 Å². The number of hydrogen-bond acceptors (Lipinski definition) is 3. The topological polar surface area (TPSA) is 38.7 Å². The summed E-state index contributed by atoms with van der Waals surface area (Å²) in [4.78, 5) is 11.3. The van der Waals surface area contributed by atoms with Crippen LogP contribution in [0.5, 0.6) is 0 Å². The van der Waals surface area contributed by atoms with Gasteiger partial charge in [0.15, 0.2) is 0 Å². The van der Waals surface area contributed by atoms with Crippen LogP contribution in [0, 0.1) is 0 Å². The molecule has 1 rings (SSSR count). The van der Waals surface area contributed by atoms with E-state index < -0.39 is 0 Å². The molecule has 0 N–H and O–H groups in total. The molecule has 0 fully saturated rings. The van der Waals surface area contributed by atoms with E-state index in [1.54, 1.807) is 0 Å². The van der Waals surface area contributed by atoms with Crippen LogP contribution in [0.3, 0.4) is 0 Å². The first kappa shape index (κ1) is 6.42. The minimum atomic E-state index is 0.266. The van der Waals surface area contributed by atoms with Gasteiger partial charge in [-0.25, -0.2) is 15.0 Å². The molecule has 0 atom stereocenters. The van der Waals surface area contributed by atoms with E-state index in [1.165, 1.54) is 6.33 Å². The number of aryl methyl sites for hydroxylation is 1. The predicted octanol–water partition coefficient (Wildman–Crippen LogP) is 1.09. The van der Waals surface area contributed by atoms with E-state index in [-0.39, 0.29) is 5.28 Å². The van der Waals surface area contributed by atoms with Gasteiger partial charge in [-0.1, -0.05) is 6.92 Å². The third-order valence-electron chi connectivity index (χ3n) is 0.909. The molecule has 1 aromatic rings. The first-order valence-electron chi connectivity index (χ1n) is 2.66. The van der Waals surface area contributed by atoms with Gasteiger partial charge in [-0.2, -0.15) is 0 Å². The zero-order valence-electron chi connectivity index (χ0n) is 5.00. The van der Waals surface area contributed by atoms with Gasteiger partial charge in [0.25, 0.3) is 0 Å². The third kappa shape index (κ3) is 1.61. The summed E-state index contributed by atoms with van der Waals surface area (Å²) >= 11 is 5.46. The van der Waals surface area contributed by atoms with Crippen molar-refractivity contribution in [3.8, 4) is 0 Å². The molecule has 0 aliphatic carbocycles. The Morgan fingerprint density at radius 2 is 2.33 bits per heavy atom. The predicted molar refractivity (Wildman–Crippen MR) is 34.2 cm³/mol. The SMILES string of the molecule is CCc1ncnc(Cl)n1. The summed E-state index contributed by atoms with van der Waals surface area (Å²) in [6.07, 6.45) is 2.20. The fraction of sp³-hybridized carbons (Fsp3) is 0.400. The normalized spacial score (nSPS) is 9.56. The lowest BCUT2D eigenvalue weighted by Crippen LogP contribution is -1.93. The van der Waals surface area contributed by atoms with Crippen LogP contribution in [0.25, 0.3) is 0 Å². The lowest BCUT2D eigenvalue weighted by molar-refractivity contribution is 0.897. The van der Waals surface area contributed by atoms with Gasteiger partial charge in [0.05, 0.1) is 0 Å². The number of nitrogens with zero attached hydrogens (tertiary/aromatic N) is 3. The van der Waals surface area contributed by atoms with Crippen LogP contribution in [-0.4, -0.2) is 15.0 Å². The van der Waals surface area contributed by atoms with Crippen molar-refractivity contribution in [2.24, 2.45) is 0 Å². The van der Waals surface area contributed by atoms with Crippen LogP contribution in [0.1, 0.15) is 12.7 Å². The lowest BCUT2D eigenvalue weighted by atomic mass is 10.5. The van der Waals surface area contributed by atoms with Crippen molar-refractivity contribution in [1.29, 1.82) is 0 Å². The summed E-state index contributed by atoms with van der Waals surface area (Å²) in [6, 6.07) is 0. The molecule has 1 heterocycles. The van der Waals surface area contributed by atoms with Crippen molar-refractivity contribution in [2.75, 3.05) is 0 Å². The maximum Gasteiger partial charge on any atom is 0.225 e. The highest BCUT2D eigenvalue weighted by atomic mass is 35.5. The van der Waals surface area contributed by atoms with Gasteiger partial charge in [0.1, 0.15) is 12.2 Å². The Labute approximate surface area is 58.1 Å². The van der Waals surface area contributed by atoms with Crippen LogP contribution in [0.15, 0.2) is 6.33 Å². The third-order valence-corrected chi connectivity index (χ3v) is 1.09. The summed E-state index contributed by atoms with van der Waals surface area (Å²) in [5.41, 5.74) is 0. The van der Waals surface area contributed by atoms with E-state index in [0.717, 1.165) is 12.2 Å². The highest BCUT2D eigenvalue weighted by Crippen LogP contribution is 1.96. The average Bonchev–Trinajstić information content (AvgIpc) is 1.88. The molecule has 0 amide bonds. The Hall–Kier alpha value is -0.700. The fourth-order valence-corrected chi connectivity index (χ4v) is 0.619. The van der Waals surface area contributed by atoms with Crippen LogP contribution in [0.4, 0.5) is 0 Å². The van der Waals surface area contributed by atoms with E-state index in [9.17, 15) is 0 Å². The van der Waals surface area contributed by atoms with Crippen LogP contribution < -0.4 is 0 Å². The minimum absolute atomic E-state index is 0.266. The van der Waals surface area contributed by atoms with Crippen molar-refractivity contribution < 1.29 is 0 Å². The van der Waals surface area contributed by atoms with E-state index in [0.29, 0.717) is 0 Å². The Bertz CT molecular complexity index is 201. The molecule has 48 valence electrons. The molecule has 4 heteroatoms. The summed E-state index contributed by atoms with van der Waals surface area (Å²) in [5.74, 6) is 0.731. The first-order chi connectivity index (χ1) is 4.33. The summed E-state index contributed by atoms with van der Waals surface area (Å²) in [6.45, 7) is 1.96. The molecule has 0 aliphatic heterocycles. The standard InChI is InChI=1S/C5H6ClN3/c1-2-4-7-3-8-5(6)9-4/h3H,2H2,1H3. The zero-order chi connectivity index (χ0) is 6.69. The molecule has 0 spiro atoms. The van der Waals surface area contributed by atoms with E-state index in [4.69, 9.17) is 11.6 Å². The van der Waals surface area contributed by atoms with Gasteiger partial charge in [0.2, 0.25) is 5.28 Å². The Kier molecular flexibility index (Phi) is 1.95. The molecule has 0 aromatic carbocycles. The maximum atomic E-state index is 5.46. The number of hydrogen-bond donors (Lipinski definition) is 0. The highest BCUT2D eigenvalue weighted by molar-refractivity contribution is 6.28. The average molecular weight is 144 g/mol.